The van der Waals surface area contributed by atoms with Crippen LogP contribution < -0.4 is 5.32 Å². The SMILES string of the molecule is FC(F)COCCN1CCCNC(C2CC2)C1. The minimum atomic E-state index is -2.35. The smallest absolute Gasteiger partial charge is 0.261 e. The van der Waals surface area contributed by atoms with Crippen LogP contribution in [0, 0.1) is 5.92 Å². The van der Waals surface area contributed by atoms with Crippen LogP contribution in [0.4, 0.5) is 8.78 Å². The highest BCUT2D eigenvalue weighted by atomic mass is 19.3. The van der Waals surface area contributed by atoms with Crippen LogP contribution in [0.3, 0.4) is 0 Å². The van der Waals surface area contributed by atoms with E-state index in [-0.39, 0.29) is 0 Å². The van der Waals surface area contributed by atoms with E-state index in [2.05, 4.69) is 10.2 Å². The number of nitrogens with zero attached hydrogens (tertiary/aromatic N) is 1. The van der Waals surface area contributed by atoms with Gasteiger partial charge < -0.3 is 10.1 Å². The summed E-state index contributed by atoms with van der Waals surface area (Å²) >= 11 is 0. The molecule has 1 saturated carbocycles. The average molecular weight is 248 g/mol. The minimum Gasteiger partial charge on any atom is -0.374 e. The molecular formula is C12H22F2N2O. The van der Waals surface area contributed by atoms with Crippen LogP contribution in [0.25, 0.3) is 0 Å². The number of alkyl halides is 2. The van der Waals surface area contributed by atoms with Crippen molar-refractivity contribution in [3.63, 3.8) is 0 Å². The quantitative estimate of drug-likeness (QED) is 0.718. The highest BCUT2D eigenvalue weighted by Gasteiger charge is 2.32. The van der Waals surface area contributed by atoms with Crippen LogP contribution in [0.15, 0.2) is 0 Å². The van der Waals surface area contributed by atoms with Gasteiger partial charge in [0.1, 0.15) is 6.61 Å². The Balaban J connectivity index is 1.64. The van der Waals surface area contributed by atoms with E-state index in [1.54, 1.807) is 0 Å². The molecule has 0 amide bonds. The summed E-state index contributed by atoms with van der Waals surface area (Å²) in [6, 6.07) is 0.604. The van der Waals surface area contributed by atoms with E-state index < -0.39 is 13.0 Å². The summed E-state index contributed by atoms with van der Waals surface area (Å²) in [5.41, 5.74) is 0. The van der Waals surface area contributed by atoms with Crippen molar-refractivity contribution in [2.75, 3.05) is 39.4 Å². The van der Waals surface area contributed by atoms with Gasteiger partial charge in [-0.3, -0.25) is 4.90 Å². The Hall–Kier alpha value is -0.260. The van der Waals surface area contributed by atoms with E-state index in [1.165, 1.54) is 12.8 Å². The van der Waals surface area contributed by atoms with Gasteiger partial charge in [0.05, 0.1) is 6.61 Å². The number of halogens is 2. The van der Waals surface area contributed by atoms with Gasteiger partial charge in [-0.05, 0) is 38.3 Å². The van der Waals surface area contributed by atoms with E-state index in [1.807, 2.05) is 0 Å². The molecular weight excluding hydrogens is 226 g/mol. The van der Waals surface area contributed by atoms with Crippen LogP contribution in [0.1, 0.15) is 19.3 Å². The molecule has 1 saturated heterocycles. The molecule has 100 valence electrons. The molecule has 1 atom stereocenters. The highest BCUT2D eigenvalue weighted by molar-refractivity contribution is 4.89. The van der Waals surface area contributed by atoms with Gasteiger partial charge in [0.25, 0.3) is 6.43 Å². The Morgan fingerprint density at radius 2 is 2.18 bits per heavy atom. The van der Waals surface area contributed by atoms with E-state index in [0.29, 0.717) is 12.6 Å². The Kier molecular flexibility index (Phi) is 5.13. The molecule has 17 heavy (non-hydrogen) atoms. The van der Waals surface area contributed by atoms with E-state index >= 15 is 0 Å². The van der Waals surface area contributed by atoms with Crippen molar-refractivity contribution < 1.29 is 13.5 Å². The Bertz CT molecular complexity index is 225. The largest absolute Gasteiger partial charge is 0.374 e. The van der Waals surface area contributed by atoms with E-state index in [9.17, 15) is 8.78 Å². The molecule has 0 bridgehead atoms. The molecule has 0 spiro atoms. The molecule has 0 aromatic rings. The van der Waals surface area contributed by atoms with Gasteiger partial charge in [0.15, 0.2) is 0 Å². The van der Waals surface area contributed by atoms with Gasteiger partial charge in [-0.25, -0.2) is 8.78 Å². The first-order valence-corrected chi connectivity index (χ1v) is 6.57. The van der Waals surface area contributed by atoms with Crippen molar-refractivity contribution in [1.29, 1.82) is 0 Å². The molecule has 1 aliphatic heterocycles. The first kappa shape index (κ1) is 13.2. The maximum Gasteiger partial charge on any atom is 0.261 e. The second kappa shape index (κ2) is 6.61. The van der Waals surface area contributed by atoms with E-state index in [4.69, 9.17) is 4.74 Å². The van der Waals surface area contributed by atoms with Gasteiger partial charge in [-0.15, -0.1) is 0 Å². The van der Waals surface area contributed by atoms with Gasteiger partial charge in [-0.2, -0.15) is 0 Å². The van der Waals surface area contributed by atoms with Crippen LogP contribution >= 0.6 is 0 Å². The average Bonchev–Trinajstić information content (AvgIpc) is 3.10. The molecule has 3 nitrogen and oxygen atoms in total. The van der Waals surface area contributed by atoms with Crippen molar-refractivity contribution in [2.45, 2.75) is 31.7 Å². The van der Waals surface area contributed by atoms with Gasteiger partial charge in [0.2, 0.25) is 0 Å². The second-order valence-corrected chi connectivity index (χ2v) is 5.02. The second-order valence-electron chi connectivity index (χ2n) is 5.02. The lowest BCUT2D eigenvalue weighted by atomic mass is 10.2. The third kappa shape index (κ3) is 4.85. The Labute approximate surface area is 101 Å². The van der Waals surface area contributed by atoms with Crippen molar-refractivity contribution >= 4 is 0 Å². The molecule has 0 aromatic carbocycles. The van der Waals surface area contributed by atoms with Crippen LogP contribution in [0.5, 0.6) is 0 Å². The van der Waals surface area contributed by atoms with Crippen molar-refractivity contribution in [3.05, 3.63) is 0 Å². The highest BCUT2D eigenvalue weighted by Crippen LogP contribution is 2.33. The molecule has 1 unspecified atom stereocenters. The lowest BCUT2D eigenvalue weighted by molar-refractivity contribution is 0.00954. The third-order valence-corrected chi connectivity index (χ3v) is 3.50. The normalized spacial score (nSPS) is 27.4. The maximum absolute atomic E-state index is 11.9. The molecule has 1 N–H and O–H groups in total. The summed E-state index contributed by atoms with van der Waals surface area (Å²) < 4.78 is 28.7. The molecule has 1 heterocycles. The van der Waals surface area contributed by atoms with E-state index in [0.717, 1.165) is 38.5 Å². The van der Waals surface area contributed by atoms with Crippen LogP contribution in [0.2, 0.25) is 0 Å². The van der Waals surface area contributed by atoms with Crippen LogP contribution in [-0.4, -0.2) is 56.8 Å². The monoisotopic (exact) mass is 248 g/mol. The number of nitrogens with one attached hydrogen (secondary N) is 1. The van der Waals surface area contributed by atoms with Crippen molar-refractivity contribution in [1.82, 2.24) is 10.2 Å². The fraction of sp³-hybridized carbons (Fsp3) is 1.00. The third-order valence-electron chi connectivity index (χ3n) is 3.50. The van der Waals surface area contributed by atoms with Gasteiger partial charge in [-0.1, -0.05) is 0 Å². The summed E-state index contributed by atoms with van der Waals surface area (Å²) in [5.74, 6) is 0.845. The zero-order valence-corrected chi connectivity index (χ0v) is 10.2. The van der Waals surface area contributed by atoms with Gasteiger partial charge >= 0.3 is 0 Å². The predicted molar refractivity (Wildman–Crippen MR) is 62.4 cm³/mol. The summed E-state index contributed by atoms with van der Waals surface area (Å²) in [6.07, 6.45) is 1.47. The lowest BCUT2D eigenvalue weighted by Crippen LogP contribution is -2.40. The molecule has 2 rings (SSSR count). The van der Waals surface area contributed by atoms with Gasteiger partial charge in [0, 0.05) is 19.1 Å². The fourth-order valence-electron chi connectivity index (χ4n) is 2.41. The molecule has 2 fully saturated rings. The molecule has 2 aliphatic rings. The predicted octanol–water partition coefficient (Wildman–Crippen LogP) is 1.34. The Morgan fingerprint density at radius 1 is 1.35 bits per heavy atom. The van der Waals surface area contributed by atoms with Crippen molar-refractivity contribution in [2.24, 2.45) is 5.92 Å². The number of hydrogen-bond acceptors (Lipinski definition) is 3. The number of hydrogen-bond donors (Lipinski definition) is 1. The number of rotatable bonds is 6. The molecule has 0 radical (unpaired) electrons. The molecule has 1 aliphatic carbocycles. The summed E-state index contributed by atoms with van der Waals surface area (Å²) in [7, 11) is 0. The minimum absolute atomic E-state index is 0.418. The van der Waals surface area contributed by atoms with Crippen molar-refractivity contribution in [3.8, 4) is 0 Å². The standard InChI is InChI=1S/C12H22F2N2O/c13-12(14)9-17-7-6-16-5-1-4-15-11(8-16)10-2-3-10/h10-12,15H,1-9H2. The number of ether oxygens (including phenoxy) is 1. The topological polar surface area (TPSA) is 24.5 Å². The fourth-order valence-corrected chi connectivity index (χ4v) is 2.41. The van der Waals surface area contributed by atoms with Crippen LogP contribution in [-0.2, 0) is 4.74 Å². The summed E-state index contributed by atoms with van der Waals surface area (Å²) in [6.45, 7) is 3.93. The first-order chi connectivity index (χ1) is 8.25. The lowest BCUT2D eigenvalue weighted by Gasteiger charge is -2.24. The maximum atomic E-state index is 11.9. The molecule has 5 heteroatoms. The zero-order valence-electron chi connectivity index (χ0n) is 10.2. The first-order valence-electron chi connectivity index (χ1n) is 6.57. The Morgan fingerprint density at radius 3 is 2.88 bits per heavy atom. The zero-order chi connectivity index (χ0) is 12.1. The summed E-state index contributed by atoms with van der Waals surface area (Å²) in [4.78, 5) is 2.34. The summed E-state index contributed by atoms with van der Waals surface area (Å²) in [5, 5.41) is 3.58. The molecule has 0 aromatic heterocycles.